The van der Waals surface area contributed by atoms with E-state index in [0.29, 0.717) is 12.2 Å². The predicted octanol–water partition coefficient (Wildman–Crippen LogP) is 2.06. The zero-order chi connectivity index (χ0) is 13.8. The SMILES string of the molecule is CC(CC(=O)O)Oc1cccc(N2CCCC2=O)c1. The standard InChI is InChI=1S/C14H17NO4/c1-10(8-14(17)18)19-12-5-2-4-11(9-12)15-7-3-6-13(15)16/h2,4-5,9-10H,3,6-8H2,1H3,(H,17,18). The Morgan fingerprint density at radius 2 is 2.32 bits per heavy atom. The topological polar surface area (TPSA) is 66.8 Å². The maximum Gasteiger partial charge on any atom is 0.307 e. The summed E-state index contributed by atoms with van der Waals surface area (Å²) in [5, 5.41) is 8.69. The quantitative estimate of drug-likeness (QED) is 0.883. The van der Waals surface area contributed by atoms with E-state index in [1.165, 1.54) is 0 Å². The maximum absolute atomic E-state index is 11.7. The van der Waals surface area contributed by atoms with Gasteiger partial charge >= 0.3 is 5.97 Å². The molecule has 2 rings (SSSR count). The van der Waals surface area contributed by atoms with Gasteiger partial charge in [0.2, 0.25) is 5.91 Å². The molecule has 1 aliphatic rings. The van der Waals surface area contributed by atoms with Crippen LogP contribution in [0.2, 0.25) is 0 Å². The van der Waals surface area contributed by atoms with Crippen molar-refractivity contribution in [1.29, 1.82) is 0 Å². The lowest BCUT2D eigenvalue weighted by atomic mass is 10.2. The highest BCUT2D eigenvalue weighted by atomic mass is 16.5. The summed E-state index contributed by atoms with van der Waals surface area (Å²) in [7, 11) is 0. The average molecular weight is 263 g/mol. The molecule has 0 aliphatic carbocycles. The van der Waals surface area contributed by atoms with Gasteiger partial charge in [0.1, 0.15) is 11.9 Å². The largest absolute Gasteiger partial charge is 0.490 e. The Morgan fingerprint density at radius 3 is 2.95 bits per heavy atom. The van der Waals surface area contributed by atoms with Crippen molar-refractivity contribution < 1.29 is 19.4 Å². The van der Waals surface area contributed by atoms with Gasteiger partial charge in [-0.25, -0.2) is 0 Å². The van der Waals surface area contributed by atoms with Crippen molar-refractivity contribution >= 4 is 17.6 Å². The number of hydrogen-bond acceptors (Lipinski definition) is 3. The number of rotatable bonds is 5. The van der Waals surface area contributed by atoms with Gasteiger partial charge in [-0.15, -0.1) is 0 Å². The number of carbonyl (C=O) groups excluding carboxylic acids is 1. The molecule has 0 radical (unpaired) electrons. The average Bonchev–Trinajstić information content (AvgIpc) is 2.74. The maximum atomic E-state index is 11.7. The van der Waals surface area contributed by atoms with E-state index in [0.717, 1.165) is 18.7 Å². The molecule has 0 saturated carbocycles. The van der Waals surface area contributed by atoms with Crippen LogP contribution in [0.25, 0.3) is 0 Å². The second-order valence-electron chi connectivity index (χ2n) is 4.67. The first kappa shape index (κ1) is 13.4. The van der Waals surface area contributed by atoms with Gasteiger partial charge in [0.05, 0.1) is 6.42 Å². The van der Waals surface area contributed by atoms with Crippen LogP contribution in [0.3, 0.4) is 0 Å². The molecular formula is C14H17NO4. The Labute approximate surface area is 111 Å². The van der Waals surface area contributed by atoms with Crippen LogP contribution in [0.15, 0.2) is 24.3 Å². The number of aliphatic carboxylic acids is 1. The molecule has 19 heavy (non-hydrogen) atoms. The first-order valence-electron chi connectivity index (χ1n) is 6.35. The molecule has 0 spiro atoms. The molecule has 1 fully saturated rings. The van der Waals surface area contributed by atoms with Gasteiger partial charge in [-0.3, -0.25) is 9.59 Å². The molecule has 1 saturated heterocycles. The number of amides is 1. The molecule has 102 valence electrons. The number of carboxylic acid groups (broad SMARTS) is 1. The normalized spacial score (nSPS) is 16.5. The Kier molecular flexibility index (Phi) is 4.04. The van der Waals surface area contributed by atoms with E-state index in [2.05, 4.69) is 0 Å². The minimum absolute atomic E-state index is 0.0487. The molecule has 1 amide bonds. The van der Waals surface area contributed by atoms with Crippen LogP contribution < -0.4 is 9.64 Å². The number of benzene rings is 1. The Hall–Kier alpha value is -2.04. The molecular weight excluding hydrogens is 246 g/mol. The Bertz CT molecular complexity index is 486. The van der Waals surface area contributed by atoms with Crippen molar-refractivity contribution in [3.63, 3.8) is 0 Å². The van der Waals surface area contributed by atoms with Crippen molar-refractivity contribution in [2.24, 2.45) is 0 Å². The summed E-state index contributed by atoms with van der Waals surface area (Å²) in [6.07, 6.45) is 1.01. The van der Waals surface area contributed by atoms with Crippen LogP contribution in [0.4, 0.5) is 5.69 Å². The monoisotopic (exact) mass is 263 g/mol. The minimum atomic E-state index is -0.890. The molecule has 5 heteroatoms. The molecule has 1 aromatic carbocycles. The van der Waals surface area contributed by atoms with Crippen LogP contribution in [0.1, 0.15) is 26.2 Å². The van der Waals surface area contributed by atoms with E-state index in [9.17, 15) is 9.59 Å². The molecule has 1 aliphatic heterocycles. The van der Waals surface area contributed by atoms with Crippen LogP contribution in [0.5, 0.6) is 5.75 Å². The van der Waals surface area contributed by atoms with E-state index < -0.39 is 12.1 Å². The summed E-state index contributed by atoms with van der Waals surface area (Å²) in [4.78, 5) is 24.0. The lowest BCUT2D eigenvalue weighted by Gasteiger charge is -2.18. The van der Waals surface area contributed by atoms with E-state index in [1.807, 2.05) is 12.1 Å². The molecule has 1 unspecified atom stereocenters. The Morgan fingerprint density at radius 1 is 1.53 bits per heavy atom. The summed E-state index contributed by atoms with van der Waals surface area (Å²) in [5.74, 6) is -0.181. The fourth-order valence-corrected chi connectivity index (χ4v) is 2.17. The summed E-state index contributed by atoms with van der Waals surface area (Å²) in [6, 6.07) is 7.21. The van der Waals surface area contributed by atoms with Crippen molar-refractivity contribution in [2.45, 2.75) is 32.3 Å². The lowest BCUT2D eigenvalue weighted by Crippen LogP contribution is -2.23. The number of carboxylic acids is 1. The smallest absolute Gasteiger partial charge is 0.307 e. The number of hydrogen-bond donors (Lipinski definition) is 1. The summed E-state index contributed by atoms with van der Waals surface area (Å²) >= 11 is 0. The van der Waals surface area contributed by atoms with Gasteiger partial charge in [-0.1, -0.05) is 6.07 Å². The van der Waals surface area contributed by atoms with Crippen molar-refractivity contribution in [3.8, 4) is 5.75 Å². The molecule has 0 bridgehead atoms. The highest BCUT2D eigenvalue weighted by Gasteiger charge is 2.22. The van der Waals surface area contributed by atoms with E-state index in [1.54, 1.807) is 24.0 Å². The van der Waals surface area contributed by atoms with E-state index in [-0.39, 0.29) is 12.3 Å². The summed E-state index contributed by atoms with van der Waals surface area (Å²) in [6.45, 7) is 2.44. The van der Waals surface area contributed by atoms with E-state index in [4.69, 9.17) is 9.84 Å². The highest BCUT2D eigenvalue weighted by Crippen LogP contribution is 2.26. The van der Waals surface area contributed by atoms with Crippen LogP contribution in [0, 0.1) is 0 Å². The zero-order valence-electron chi connectivity index (χ0n) is 10.8. The highest BCUT2D eigenvalue weighted by molar-refractivity contribution is 5.95. The van der Waals surface area contributed by atoms with Gasteiger partial charge < -0.3 is 14.7 Å². The zero-order valence-corrected chi connectivity index (χ0v) is 10.8. The van der Waals surface area contributed by atoms with Crippen molar-refractivity contribution in [1.82, 2.24) is 0 Å². The number of carbonyl (C=O) groups is 2. The van der Waals surface area contributed by atoms with Crippen LogP contribution in [-0.2, 0) is 9.59 Å². The fraction of sp³-hybridized carbons (Fsp3) is 0.429. The third-order valence-electron chi connectivity index (χ3n) is 3.00. The van der Waals surface area contributed by atoms with Gasteiger partial charge in [-0.2, -0.15) is 0 Å². The van der Waals surface area contributed by atoms with Crippen molar-refractivity contribution in [2.75, 3.05) is 11.4 Å². The molecule has 1 aromatic rings. The Balaban J connectivity index is 2.06. The second kappa shape index (κ2) is 5.73. The lowest BCUT2D eigenvalue weighted by molar-refractivity contribution is -0.138. The van der Waals surface area contributed by atoms with Gasteiger partial charge in [0.25, 0.3) is 0 Å². The summed E-state index contributed by atoms with van der Waals surface area (Å²) in [5.41, 5.74) is 0.808. The third kappa shape index (κ3) is 3.47. The first-order chi connectivity index (χ1) is 9.06. The molecule has 1 N–H and O–H groups in total. The van der Waals surface area contributed by atoms with Gasteiger partial charge in [0, 0.05) is 24.7 Å². The van der Waals surface area contributed by atoms with Gasteiger partial charge in [-0.05, 0) is 25.5 Å². The number of anilines is 1. The molecule has 1 atom stereocenters. The number of ether oxygens (including phenoxy) is 1. The molecule has 5 nitrogen and oxygen atoms in total. The molecule has 0 aromatic heterocycles. The van der Waals surface area contributed by atoms with E-state index >= 15 is 0 Å². The third-order valence-corrected chi connectivity index (χ3v) is 3.00. The molecule has 1 heterocycles. The first-order valence-corrected chi connectivity index (χ1v) is 6.35. The van der Waals surface area contributed by atoms with Crippen LogP contribution in [-0.4, -0.2) is 29.6 Å². The predicted molar refractivity (Wildman–Crippen MR) is 70.4 cm³/mol. The van der Waals surface area contributed by atoms with Gasteiger partial charge in [0.15, 0.2) is 0 Å². The van der Waals surface area contributed by atoms with Crippen molar-refractivity contribution in [3.05, 3.63) is 24.3 Å². The number of nitrogens with zero attached hydrogens (tertiary/aromatic N) is 1. The minimum Gasteiger partial charge on any atom is -0.490 e. The van der Waals surface area contributed by atoms with Crippen LogP contribution >= 0.6 is 0 Å². The summed E-state index contributed by atoms with van der Waals surface area (Å²) < 4.78 is 5.54. The second-order valence-corrected chi connectivity index (χ2v) is 4.67. The fourth-order valence-electron chi connectivity index (χ4n) is 2.17.